The molecule has 0 fully saturated rings. The SMILES string of the molecule is COc1ccc(NC(=O)CCc2ccccc2N)cc1OCC(F)(F)F. The highest BCUT2D eigenvalue weighted by Crippen LogP contribution is 2.31. The van der Waals surface area contributed by atoms with Crippen LogP contribution in [0.1, 0.15) is 12.0 Å². The molecule has 0 saturated carbocycles. The minimum Gasteiger partial charge on any atom is -0.493 e. The maximum Gasteiger partial charge on any atom is 0.422 e. The number of alkyl halides is 3. The molecule has 0 spiro atoms. The van der Waals surface area contributed by atoms with Crippen LogP contribution in [0.4, 0.5) is 24.5 Å². The average molecular weight is 368 g/mol. The summed E-state index contributed by atoms with van der Waals surface area (Å²) >= 11 is 0. The highest BCUT2D eigenvalue weighted by molar-refractivity contribution is 5.91. The van der Waals surface area contributed by atoms with E-state index in [1.54, 1.807) is 12.1 Å². The predicted octanol–water partition coefficient (Wildman–Crippen LogP) is 3.79. The summed E-state index contributed by atoms with van der Waals surface area (Å²) < 4.78 is 46.7. The number of carbonyl (C=O) groups is 1. The summed E-state index contributed by atoms with van der Waals surface area (Å²) in [7, 11) is 1.32. The Morgan fingerprint density at radius 1 is 1.15 bits per heavy atom. The van der Waals surface area contributed by atoms with Gasteiger partial charge in [0, 0.05) is 23.9 Å². The van der Waals surface area contributed by atoms with E-state index in [2.05, 4.69) is 5.32 Å². The van der Waals surface area contributed by atoms with Gasteiger partial charge < -0.3 is 20.5 Å². The maximum absolute atomic E-state index is 12.3. The number of benzene rings is 2. The summed E-state index contributed by atoms with van der Waals surface area (Å²) in [5, 5.41) is 2.62. The number of hydrogen-bond acceptors (Lipinski definition) is 4. The van der Waals surface area contributed by atoms with E-state index in [0.29, 0.717) is 17.8 Å². The van der Waals surface area contributed by atoms with Crippen LogP contribution in [-0.4, -0.2) is 25.8 Å². The van der Waals surface area contributed by atoms with Crippen LogP contribution >= 0.6 is 0 Å². The number of methoxy groups -OCH3 is 1. The summed E-state index contributed by atoms with van der Waals surface area (Å²) in [6.45, 7) is -1.45. The van der Waals surface area contributed by atoms with Crippen molar-refractivity contribution in [1.82, 2.24) is 0 Å². The van der Waals surface area contributed by atoms with Crippen molar-refractivity contribution < 1.29 is 27.4 Å². The van der Waals surface area contributed by atoms with E-state index in [1.807, 2.05) is 12.1 Å². The van der Waals surface area contributed by atoms with Gasteiger partial charge in [-0.1, -0.05) is 18.2 Å². The van der Waals surface area contributed by atoms with E-state index >= 15 is 0 Å². The smallest absolute Gasteiger partial charge is 0.422 e. The van der Waals surface area contributed by atoms with Crippen molar-refractivity contribution in [2.45, 2.75) is 19.0 Å². The van der Waals surface area contributed by atoms with Crippen LogP contribution in [0.3, 0.4) is 0 Å². The van der Waals surface area contributed by atoms with E-state index in [1.165, 1.54) is 25.3 Å². The topological polar surface area (TPSA) is 73.6 Å². The van der Waals surface area contributed by atoms with Gasteiger partial charge in [-0.2, -0.15) is 13.2 Å². The van der Waals surface area contributed by atoms with Crippen molar-refractivity contribution in [1.29, 1.82) is 0 Å². The molecule has 3 N–H and O–H groups in total. The quantitative estimate of drug-likeness (QED) is 0.730. The van der Waals surface area contributed by atoms with E-state index in [9.17, 15) is 18.0 Å². The number of nitrogens with two attached hydrogens (primary N) is 1. The van der Waals surface area contributed by atoms with Crippen molar-refractivity contribution >= 4 is 17.3 Å². The second-order valence-corrected chi connectivity index (χ2v) is 5.52. The Bertz CT molecular complexity index is 764. The van der Waals surface area contributed by atoms with Crippen LogP contribution in [-0.2, 0) is 11.2 Å². The molecule has 0 aliphatic heterocycles. The lowest BCUT2D eigenvalue weighted by molar-refractivity contribution is -0.153. The minimum absolute atomic E-state index is 0.102. The number of para-hydroxylation sites is 1. The Morgan fingerprint density at radius 2 is 1.88 bits per heavy atom. The molecule has 0 aromatic heterocycles. The first-order chi connectivity index (χ1) is 12.3. The van der Waals surface area contributed by atoms with Gasteiger partial charge in [-0.25, -0.2) is 0 Å². The highest BCUT2D eigenvalue weighted by atomic mass is 19.4. The van der Waals surface area contributed by atoms with Crippen LogP contribution in [0.15, 0.2) is 42.5 Å². The lowest BCUT2D eigenvalue weighted by atomic mass is 10.1. The molecule has 2 rings (SSSR count). The Balaban J connectivity index is 1.99. The molecule has 0 heterocycles. The number of nitrogen functional groups attached to an aromatic ring is 1. The van der Waals surface area contributed by atoms with E-state index in [0.717, 1.165) is 5.56 Å². The zero-order chi connectivity index (χ0) is 19.2. The Morgan fingerprint density at radius 3 is 2.54 bits per heavy atom. The molecule has 140 valence electrons. The number of aryl methyl sites for hydroxylation is 1. The molecule has 0 aliphatic rings. The lowest BCUT2D eigenvalue weighted by Gasteiger charge is -2.14. The highest BCUT2D eigenvalue weighted by Gasteiger charge is 2.29. The van der Waals surface area contributed by atoms with Gasteiger partial charge in [0.1, 0.15) is 0 Å². The third-order valence-corrected chi connectivity index (χ3v) is 3.52. The molecular formula is C18H19F3N2O3. The lowest BCUT2D eigenvalue weighted by Crippen LogP contribution is -2.19. The van der Waals surface area contributed by atoms with Crippen LogP contribution in [0.2, 0.25) is 0 Å². The number of anilines is 2. The van der Waals surface area contributed by atoms with E-state index in [-0.39, 0.29) is 23.8 Å². The van der Waals surface area contributed by atoms with Crippen molar-refractivity contribution in [2.75, 3.05) is 24.8 Å². The van der Waals surface area contributed by atoms with E-state index in [4.69, 9.17) is 15.2 Å². The third kappa shape index (κ3) is 5.87. The Hall–Kier alpha value is -2.90. The fourth-order valence-corrected chi connectivity index (χ4v) is 2.26. The Kier molecular flexibility index (Phi) is 6.32. The predicted molar refractivity (Wildman–Crippen MR) is 92.3 cm³/mol. The molecule has 26 heavy (non-hydrogen) atoms. The fourth-order valence-electron chi connectivity index (χ4n) is 2.26. The Labute approximate surface area is 148 Å². The second-order valence-electron chi connectivity index (χ2n) is 5.52. The zero-order valence-corrected chi connectivity index (χ0v) is 14.1. The van der Waals surface area contributed by atoms with Crippen LogP contribution in [0.25, 0.3) is 0 Å². The first-order valence-electron chi connectivity index (χ1n) is 7.79. The summed E-state index contributed by atoms with van der Waals surface area (Å²) in [6.07, 6.45) is -3.84. The van der Waals surface area contributed by atoms with Gasteiger partial charge >= 0.3 is 6.18 Å². The molecule has 0 saturated heterocycles. The molecule has 0 aliphatic carbocycles. The number of hydrogen-bond donors (Lipinski definition) is 2. The van der Waals surface area contributed by atoms with Crippen molar-refractivity contribution in [3.05, 3.63) is 48.0 Å². The van der Waals surface area contributed by atoms with E-state index < -0.39 is 12.8 Å². The van der Waals surface area contributed by atoms with Crippen molar-refractivity contribution in [3.63, 3.8) is 0 Å². The molecule has 8 heteroatoms. The molecule has 5 nitrogen and oxygen atoms in total. The van der Waals surface area contributed by atoms with Crippen LogP contribution in [0.5, 0.6) is 11.5 Å². The summed E-state index contributed by atoms with van der Waals surface area (Å²) in [4.78, 5) is 12.1. The van der Waals surface area contributed by atoms with Crippen LogP contribution < -0.4 is 20.5 Å². The van der Waals surface area contributed by atoms with Gasteiger partial charge in [0.15, 0.2) is 18.1 Å². The average Bonchev–Trinajstić information content (AvgIpc) is 2.59. The fraction of sp³-hybridized carbons (Fsp3) is 0.278. The molecule has 0 radical (unpaired) electrons. The number of halogens is 3. The monoisotopic (exact) mass is 368 g/mol. The van der Waals surface area contributed by atoms with Crippen molar-refractivity contribution in [2.24, 2.45) is 0 Å². The number of rotatable bonds is 7. The van der Waals surface area contributed by atoms with Gasteiger partial charge in [-0.3, -0.25) is 4.79 Å². The zero-order valence-electron chi connectivity index (χ0n) is 14.1. The summed E-state index contributed by atoms with van der Waals surface area (Å²) in [6, 6.07) is 11.5. The molecule has 2 aromatic rings. The molecule has 2 aromatic carbocycles. The molecule has 0 unspecified atom stereocenters. The van der Waals surface area contributed by atoms with Gasteiger partial charge in [-0.05, 0) is 30.2 Å². The number of amides is 1. The number of nitrogens with one attached hydrogen (secondary N) is 1. The number of ether oxygens (including phenoxy) is 2. The third-order valence-electron chi connectivity index (χ3n) is 3.52. The van der Waals surface area contributed by atoms with Gasteiger partial charge in [0.2, 0.25) is 5.91 Å². The largest absolute Gasteiger partial charge is 0.493 e. The van der Waals surface area contributed by atoms with Gasteiger partial charge in [0.05, 0.1) is 7.11 Å². The van der Waals surface area contributed by atoms with Gasteiger partial charge in [0.25, 0.3) is 0 Å². The first kappa shape index (κ1) is 19.4. The maximum atomic E-state index is 12.3. The molecular weight excluding hydrogens is 349 g/mol. The summed E-state index contributed by atoms with van der Waals surface area (Å²) in [5.41, 5.74) is 7.60. The number of carbonyl (C=O) groups excluding carboxylic acids is 1. The molecule has 0 bridgehead atoms. The van der Waals surface area contributed by atoms with Crippen molar-refractivity contribution in [3.8, 4) is 11.5 Å². The molecule has 0 atom stereocenters. The normalized spacial score (nSPS) is 11.1. The second kappa shape index (κ2) is 8.46. The minimum atomic E-state index is -4.47. The molecule has 1 amide bonds. The van der Waals surface area contributed by atoms with Gasteiger partial charge in [-0.15, -0.1) is 0 Å². The van der Waals surface area contributed by atoms with Crippen LogP contribution in [0, 0.1) is 0 Å². The summed E-state index contributed by atoms with van der Waals surface area (Å²) in [5.74, 6) is -0.251. The first-order valence-corrected chi connectivity index (χ1v) is 7.79. The standard InChI is InChI=1S/C18H19F3N2O3/c1-25-15-8-7-13(10-16(15)26-11-18(19,20)21)23-17(24)9-6-12-4-2-3-5-14(12)22/h2-5,7-8,10H,6,9,11,22H2,1H3,(H,23,24).